The first-order chi connectivity index (χ1) is 8.31. The van der Waals surface area contributed by atoms with Gasteiger partial charge in [-0.25, -0.2) is 4.98 Å². The molecule has 3 nitrogen and oxygen atoms in total. The molecule has 0 radical (unpaired) electrons. The van der Waals surface area contributed by atoms with Crippen LogP contribution in [0.1, 0.15) is 0 Å². The number of benzene rings is 2. The number of nitrogens with one attached hydrogen (secondary N) is 2. The molecule has 4 heteroatoms. The summed E-state index contributed by atoms with van der Waals surface area (Å²) in [5.74, 6) is 0.754. The molecule has 1 heterocycles. The number of hydrogen-bond acceptors (Lipinski definition) is 2. The van der Waals surface area contributed by atoms with Gasteiger partial charge in [-0.3, -0.25) is 0 Å². The number of anilines is 2. The summed E-state index contributed by atoms with van der Waals surface area (Å²) >= 11 is 3.43. The second-order valence-electron chi connectivity index (χ2n) is 3.74. The van der Waals surface area contributed by atoms with Crippen molar-refractivity contribution in [2.24, 2.45) is 0 Å². The lowest BCUT2D eigenvalue weighted by atomic mass is 10.3. The first-order valence-electron chi connectivity index (χ1n) is 5.28. The van der Waals surface area contributed by atoms with Gasteiger partial charge >= 0.3 is 0 Å². The van der Waals surface area contributed by atoms with Crippen LogP contribution in [0.25, 0.3) is 11.0 Å². The fourth-order valence-electron chi connectivity index (χ4n) is 1.70. The SMILES string of the molecule is Brc1ccc2[nH]c(Nc3ccccc3)nc2c1. The quantitative estimate of drug-likeness (QED) is 0.746. The Morgan fingerprint density at radius 2 is 1.88 bits per heavy atom. The van der Waals surface area contributed by atoms with Crippen LogP contribution >= 0.6 is 15.9 Å². The Labute approximate surface area is 107 Å². The number of H-pyrrole nitrogens is 1. The highest BCUT2D eigenvalue weighted by Gasteiger charge is 2.02. The van der Waals surface area contributed by atoms with E-state index in [1.54, 1.807) is 0 Å². The van der Waals surface area contributed by atoms with Crippen molar-refractivity contribution in [1.29, 1.82) is 0 Å². The van der Waals surface area contributed by atoms with Gasteiger partial charge < -0.3 is 10.3 Å². The Bertz CT molecular complexity index is 646. The highest BCUT2D eigenvalue weighted by Crippen LogP contribution is 2.21. The number of hydrogen-bond donors (Lipinski definition) is 2. The maximum atomic E-state index is 4.47. The standard InChI is InChI=1S/C13H10BrN3/c14-9-6-7-11-12(8-9)17-13(16-11)15-10-4-2-1-3-5-10/h1-8H,(H2,15,16,17). The van der Waals surface area contributed by atoms with E-state index in [0.29, 0.717) is 0 Å². The van der Waals surface area contributed by atoms with Gasteiger partial charge in [0.2, 0.25) is 5.95 Å². The van der Waals surface area contributed by atoms with Crippen LogP contribution in [0.15, 0.2) is 53.0 Å². The van der Waals surface area contributed by atoms with E-state index in [9.17, 15) is 0 Å². The number of aromatic amines is 1. The zero-order chi connectivity index (χ0) is 11.7. The molecule has 2 N–H and O–H groups in total. The largest absolute Gasteiger partial charge is 0.326 e. The van der Waals surface area contributed by atoms with Crippen LogP contribution in [0.3, 0.4) is 0 Å². The van der Waals surface area contributed by atoms with Crippen LogP contribution in [-0.4, -0.2) is 9.97 Å². The first kappa shape index (κ1) is 10.4. The minimum Gasteiger partial charge on any atom is -0.326 e. The van der Waals surface area contributed by atoms with Crippen LogP contribution in [0.4, 0.5) is 11.6 Å². The van der Waals surface area contributed by atoms with Crippen molar-refractivity contribution in [2.45, 2.75) is 0 Å². The van der Waals surface area contributed by atoms with Crippen LogP contribution in [0.5, 0.6) is 0 Å². The predicted octanol–water partition coefficient (Wildman–Crippen LogP) is 4.07. The van der Waals surface area contributed by atoms with Gasteiger partial charge in [0.1, 0.15) is 0 Å². The third kappa shape index (κ3) is 2.17. The summed E-state index contributed by atoms with van der Waals surface area (Å²) in [6.07, 6.45) is 0. The molecule has 0 saturated heterocycles. The molecule has 84 valence electrons. The predicted molar refractivity (Wildman–Crippen MR) is 73.5 cm³/mol. The van der Waals surface area contributed by atoms with Crippen LogP contribution < -0.4 is 5.32 Å². The molecule has 3 rings (SSSR count). The lowest BCUT2D eigenvalue weighted by molar-refractivity contribution is 1.31. The third-order valence-electron chi connectivity index (χ3n) is 2.48. The van der Waals surface area contributed by atoms with Crippen molar-refractivity contribution < 1.29 is 0 Å². The molecule has 0 bridgehead atoms. The number of aromatic nitrogens is 2. The average Bonchev–Trinajstić information content (AvgIpc) is 2.71. The summed E-state index contributed by atoms with van der Waals surface area (Å²) in [6, 6.07) is 16.0. The lowest BCUT2D eigenvalue weighted by Crippen LogP contribution is -1.90. The minimum absolute atomic E-state index is 0.754. The maximum absolute atomic E-state index is 4.47. The number of para-hydroxylation sites is 1. The van der Waals surface area contributed by atoms with Gasteiger partial charge in [-0.05, 0) is 30.3 Å². The molecular formula is C13H10BrN3. The highest BCUT2D eigenvalue weighted by molar-refractivity contribution is 9.10. The molecule has 17 heavy (non-hydrogen) atoms. The summed E-state index contributed by atoms with van der Waals surface area (Å²) in [7, 11) is 0. The summed E-state index contributed by atoms with van der Waals surface area (Å²) in [5, 5.41) is 3.23. The Kier molecular flexibility index (Phi) is 2.57. The highest BCUT2D eigenvalue weighted by atomic mass is 79.9. The molecular weight excluding hydrogens is 278 g/mol. The van der Waals surface area contributed by atoms with E-state index in [1.807, 2.05) is 48.5 Å². The van der Waals surface area contributed by atoms with Gasteiger partial charge in [0.25, 0.3) is 0 Å². The van der Waals surface area contributed by atoms with E-state index in [0.717, 1.165) is 27.1 Å². The molecule has 0 aliphatic rings. The number of imidazole rings is 1. The Morgan fingerprint density at radius 1 is 1.06 bits per heavy atom. The second-order valence-corrected chi connectivity index (χ2v) is 4.65. The fraction of sp³-hybridized carbons (Fsp3) is 0. The van der Waals surface area contributed by atoms with E-state index >= 15 is 0 Å². The van der Waals surface area contributed by atoms with Crippen molar-refractivity contribution in [3.05, 3.63) is 53.0 Å². The van der Waals surface area contributed by atoms with Gasteiger partial charge in [0, 0.05) is 10.2 Å². The molecule has 3 aromatic rings. The lowest BCUT2D eigenvalue weighted by Gasteiger charge is -2.00. The van der Waals surface area contributed by atoms with Crippen molar-refractivity contribution >= 4 is 38.6 Å². The van der Waals surface area contributed by atoms with E-state index < -0.39 is 0 Å². The zero-order valence-electron chi connectivity index (χ0n) is 8.94. The fourth-order valence-corrected chi connectivity index (χ4v) is 2.05. The van der Waals surface area contributed by atoms with Gasteiger partial charge in [-0.2, -0.15) is 0 Å². The maximum Gasteiger partial charge on any atom is 0.205 e. The van der Waals surface area contributed by atoms with Crippen molar-refractivity contribution in [2.75, 3.05) is 5.32 Å². The summed E-state index contributed by atoms with van der Waals surface area (Å²) in [6.45, 7) is 0. The number of halogens is 1. The van der Waals surface area contributed by atoms with Gasteiger partial charge in [-0.1, -0.05) is 34.1 Å². The molecule has 1 aromatic heterocycles. The zero-order valence-corrected chi connectivity index (χ0v) is 10.5. The van der Waals surface area contributed by atoms with E-state index in [-0.39, 0.29) is 0 Å². The molecule has 2 aromatic carbocycles. The Balaban J connectivity index is 1.96. The first-order valence-corrected chi connectivity index (χ1v) is 6.08. The topological polar surface area (TPSA) is 40.7 Å². The van der Waals surface area contributed by atoms with Gasteiger partial charge in [-0.15, -0.1) is 0 Å². The van der Waals surface area contributed by atoms with Crippen molar-refractivity contribution in [1.82, 2.24) is 9.97 Å². The third-order valence-corrected chi connectivity index (χ3v) is 2.97. The monoisotopic (exact) mass is 287 g/mol. The van der Waals surface area contributed by atoms with E-state index in [4.69, 9.17) is 0 Å². The average molecular weight is 288 g/mol. The van der Waals surface area contributed by atoms with E-state index in [2.05, 4.69) is 31.2 Å². The number of fused-ring (bicyclic) bond motifs is 1. The normalized spacial score (nSPS) is 10.6. The van der Waals surface area contributed by atoms with Gasteiger partial charge in [0.05, 0.1) is 11.0 Å². The van der Waals surface area contributed by atoms with Crippen LogP contribution in [0, 0.1) is 0 Å². The molecule has 0 aliphatic heterocycles. The van der Waals surface area contributed by atoms with Crippen molar-refractivity contribution in [3.8, 4) is 0 Å². The summed E-state index contributed by atoms with van der Waals surface area (Å²) in [4.78, 5) is 7.70. The Hall–Kier alpha value is -1.81. The smallest absolute Gasteiger partial charge is 0.205 e. The summed E-state index contributed by atoms with van der Waals surface area (Å²) < 4.78 is 1.03. The molecule has 0 aliphatic carbocycles. The molecule has 0 amide bonds. The van der Waals surface area contributed by atoms with Crippen LogP contribution in [0.2, 0.25) is 0 Å². The Morgan fingerprint density at radius 3 is 2.71 bits per heavy atom. The molecule has 0 spiro atoms. The molecule has 0 atom stereocenters. The number of nitrogens with zero attached hydrogens (tertiary/aromatic N) is 1. The minimum atomic E-state index is 0.754. The molecule has 0 unspecified atom stereocenters. The molecule has 0 fully saturated rings. The van der Waals surface area contributed by atoms with E-state index in [1.165, 1.54) is 0 Å². The second kappa shape index (κ2) is 4.22. The van der Waals surface area contributed by atoms with Crippen molar-refractivity contribution in [3.63, 3.8) is 0 Å². The van der Waals surface area contributed by atoms with Gasteiger partial charge in [0.15, 0.2) is 0 Å². The summed E-state index contributed by atoms with van der Waals surface area (Å²) in [5.41, 5.74) is 2.98. The van der Waals surface area contributed by atoms with Crippen LogP contribution in [-0.2, 0) is 0 Å². The number of rotatable bonds is 2. The molecule has 0 saturated carbocycles.